The van der Waals surface area contributed by atoms with Crippen LogP contribution in [0.5, 0.6) is 0 Å². The van der Waals surface area contributed by atoms with E-state index in [2.05, 4.69) is 15.9 Å². The van der Waals surface area contributed by atoms with E-state index in [1.165, 1.54) is 6.07 Å². The molecule has 1 nitrogen and oxygen atoms in total. The first-order valence-corrected chi connectivity index (χ1v) is 4.71. The van der Waals surface area contributed by atoms with E-state index >= 15 is 0 Å². The van der Waals surface area contributed by atoms with Crippen LogP contribution in [0.1, 0.15) is 12.0 Å². The fourth-order valence-electron chi connectivity index (χ4n) is 1.05. The van der Waals surface area contributed by atoms with Gasteiger partial charge in [-0.25, -0.2) is 13.2 Å². The van der Waals surface area contributed by atoms with Crippen molar-refractivity contribution in [3.05, 3.63) is 34.1 Å². The van der Waals surface area contributed by atoms with Gasteiger partial charge in [-0.15, -0.1) is 0 Å². The molecule has 1 rings (SSSR count). The number of alkyl halides is 2. The highest BCUT2D eigenvalue weighted by atomic mass is 79.9. The Morgan fingerprint density at radius 1 is 1.36 bits per heavy atom. The van der Waals surface area contributed by atoms with Crippen LogP contribution in [-0.4, -0.2) is 11.7 Å². The van der Waals surface area contributed by atoms with Gasteiger partial charge in [0.15, 0.2) is 0 Å². The predicted molar refractivity (Wildman–Crippen MR) is 49.7 cm³/mol. The summed E-state index contributed by atoms with van der Waals surface area (Å²) >= 11 is 2.98. The van der Waals surface area contributed by atoms with Crippen molar-refractivity contribution in [2.45, 2.75) is 12.3 Å². The first kappa shape index (κ1) is 11.5. The number of hydrogen-bond donors (Lipinski definition) is 1. The molecule has 0 saturated heterocycles. The second-order valence-electron chi connectivity index (χ2n) is 2.80. The molecule has 0 fully saturated rings. The van der Waals surface area contributed by atoms with Gasteiger partial charge >= 0.3 is 0 Å². The third-order valence-electron chi connectivity index (χ3n) is 1.75. The summed E-state index contributed by atoms with van der Waals surface area (Å²) in [5.41, 5.74) is -0.694. The van der Waals surface area contributed by atoms with Gasteiger partial charge in [-0.3, -0.25) is 0 Å². The quantitative estimate of drug-likeness (QED) is 0.894. The van der Waals surface area contributed by atoms with E-state index in [1.54, 1.807) is 0 Å². The lowest BCUT2D eigenvalue weighted by Crippen LogP contribution is -2.17. The van der Waals surface area contributed by atoms with Crippen LogP contribution >= 0.6 is 15.9 Å². The Balaban J connectivity index is 3.10. The SMILES string of the molecule is OCCC(F)(F)c1cc(Br)ccc1F. The van der Waals surface area contributed by atoms with Crippen molar-refractivity contribution in [3.63, 3.8) is 0 Å². The lowest BCUT2D eigenvalue weighted by molar-refractivity contribution is -0.0300. The maximum absolute atomic E-state index is 13.2. The second-order valence-corrected chi connectivity index (χ2v) is 3.72. The van der Waals surface area contributed by atoms with E-state index in [4.69, 9.17) is 5.11 Å². The van der Waals surface area contributed by atoms with E-state index in [-0.39, 0.29) is 0 Å². The zero-order valence-electron chi connectivity index (χ0n) is 7.11. The van der Waals surface area contributed by atoms with Gasteiger partial charge in [0.25, 0.3) is 5.92 Å². The van der Waals surface area contributed by atoms with Crippen molar-refractivity contribution in [3.8, 4) is 0 Å². The molecular weight excluding hydrogens is 261 g/mol. The van der Waals surface area contributed by atoms with Gasteiger partial charge < -0.3 is 5.11 Å². The monoisotopic (exact) mass is 268 g/mol. The highest BCUT2D eigenvalue weighted by Crippen LogP contribution is 2.34. The minimum absolute atomic E-state index is 0.381. The van der Waals surface area contributed by atoms with Gasteiger partial charge in [-0.05, 0) is 18.2 Å². The highest BCUT2D eigenvalue weighted by Gasteiger charge is 2.33. The van der Waals surface area contributed by atoms with Gasteiger partial charge in [0.05, 0.1) is 5.56 Å². The van der Waals surface area contributed by atoms with Crippen LogP contribution in [0.2, 0.25) is 0 Å². The Hall–Kier alpha value is -0.550. The van der Waals surface area contributed by atoms with E-state index in [0.29, 0.717) is 4.47 Å². The molecular formula is C9H8BrF3O. The number of aliphatic hydroxyl groups is 1. The first-order chi connectivity index (χ1) is 6.47. The molecule has 0 atom stereocenters. The van der Waals surface area contributed by atoms with Crippen molar-refractivity contribution < 1.29 is 18.3 Å². The number of halogens is 4. The summed E-state index contributed by atoms with van der Waals surface area (Å²) in [6.45, 7) is -0.682. The van der Waals surface area contributed by atoms with Crippen molar-refractivity contribution in [2.75, 3.05) is 6.61 Å². The Labute approximate surface area is 87.7 Å². The second kappa shape index (κ2) is 4.31. The van der Waals surface area contributed by atoms with Gasteiger partial charge in [0, 0.05) is 17.5 Å². The van der Waals surface area contributed by atoms with Crippen LogP contribution in [0, 0.1) is 5.82 Å². The Kier molecular flexibility index (Phi) is 3.55. The molecule has 5 heteroatoms. The molecule has 0 saturated carbocycles. The number of rotatable bonds is 3. The van der Waals surface area contributed by atoms with Crippen LogP contribution in [0.25, 0.3) is 0 Å². The van der Waals surface area contributed by atoms with E-state index in [0.717, 1.165) is 12.1 Å². The van der Waals surface area contributed by atoms with Crippen LogP contribution in [0.15, 0.2) is 22.7 Å². The maximum atomic E-state index is 13.2. The standard InChI is InChI=1S/C9H8BrF3O/c10-6-1-2-8(11)7(5-6)9(12,13)3-4-14/h1-2,5,14H,3-4H2. The number of benzene rings is 1. The summed E-state index contributed by atoms with van der Waals surface area (Å²) in [6.07, 6.45) is -0.777. The molecule has 1 aromatic carbocycles. The smallest absolute Gasteiger partial charge is 0.278 e. The maximum Gasteiger partial charge on any atom is 0.278 e. The molecule has 0 amide bonds. The molecule has 0 aliphatic heterocycles. The van der Waals surface area contributed by atoms with Crippen LogP contribution in [0.4, 0.5) is 13.2 Å². The van der Waals surface area contributed by atoms with Gasteiger partial charge in [0.1, 0.15) is 5.82 Å². The molecule has 0 aliphatic rings. The van der Waals surface area contributed by atoms with Crippen LogP contribution < -0.4 is 0 Å². The number of hydrogen-bond acceptors (Lipinski definition) is 1. The topological polar surface area (TPSA) is 20.2 Å². The molecule has 1 N–H and O–H groups in total. The van der Waals surface area contributed by atoms with Gasteiger partial charge in [-0.1, -0.05) is 15.9 Å². The Morgan fingerprint density at radius 2 is 2.00 bits per heavy atom. The van der Waals surface area contributed by atoms with E-state index in [1.807, 2.05) is 0 Å². The lowest BCUT2D eigenvalue weighted by atomic mass is 10.1. The van der Waals surface area contributed by atoms with Gasteiger partial charge in [0.2, 0.25) is 0 Å². The predicted octanol–water partition coefficient (Wildman–Crippen LogP) is 3.06. The fourth-order valence-corrected chi connectivity index (χ4v) is 1.41. The molecule has 78 valence electrons. The third-order valence-corrected chi connectivity index (χ3v) is 2.24. The number of aliphatic hydroxyl groups excluding tert-OH is 1. The summed E-state index contributed by atoms with van der Waals surface area (Å²) in [7, 11) is 0. The third kappa shape index (κ3) is 2.48. The summed E-state index contributed by atoms with van der Waals surface area (Å²) in [5.74, 6) is -4.30. The molecule has 0 heterocycles. The van der Waals surface area contributed by atoms with Crippen LogP contribution in [0.3, 0.4) is 0 Å². The lowest BCUT2D eigenvalue weighted by Gasteiger charge is -2.16. The minimum atomic E-state index is -3.33. The van der Waals surface area contributed by atoms with Crippen molar-refractivity contribution in [1.29, 1.82) is 0 Å². The van der Waals surface area contributed by atoms with Crippen molar-refractivity contribution in [2.24, 2.45) is 0 Å². The highest BCUT2D eigenvalue weighted by molar-refractivity contribution is 9.10. The van der Waals surface area contributed by atoms with Crippen molar-refractivity contribution in [1.82, 2.24) is 0 Å². The molecule has 0 radical (unpaired) electrons. The molecule has 0 aromatic heterocycles. The first-order valence-electron chi connectivity index (χ1n) is 3.91. The normalized spacial score (nSPS) is 11.8. The minimum Gasteiger partial charge on any atom is -0.396 e. The van der Waals surface area contributed by atoms with E-state index in [9.17, 15) is 13.2 Å². The fraction of sp³-hybridized carbons (Fsp3) is 0.333. The van der Waals surface area contributed by atoms with Crippen molar-refractivity contribution >= 4 is 15.9 Å². The zero-order chi connectivity index (χ0) is 10.8. The largest absolute Gasteiger partial charge is 0.396 e. The average Bonchev–Trinajstić information content (AvgIpc) is 2.09. The summed E-state index contributed by atoms with van der Waals surface area (Å²) in [5, 5.41) is 8.41. The van der Waals surface area contributed by atoms with Gasteiger partial charge in [-0.2, -0.15) is 0 Å². The zero-order valence-corrected chi connectivity index (χ0v) is 8.69. The summed E-state index contributed by atoms with van der Waals surface area (Å²) in [4.78, 5) is 0. The molecule has 0 spiro atoms. The van der Waals surface area contributed by atoms with Crippen LogP contribution in [-0.2, 0) is 5.92 Å². The molecule has 1 aromatic rings. The Morgan fingerprint density at radius 3 is 2.57 bits per heavy atom. The molecule has 0 bridgehead atoms. The van der Waals surface area contributed by atoms with E-state index < -0.39 is 30.3 Å². The summed E-state index contributed by atoms with van der Waals surface area (Å²) in [6, 6.07) is 3.32. The molecule has 0 aliphatic carbocycles. The Bertz CT molecular complexity index is 328. The average molecular weight is 269 g/mol. The summed E-state index contributed by atoms with van der Waals surface area (Å²) < 4.78 is 39.7. The molecule has 0 unspecified atom stereocenters. The molecule has 14 heavy (non-hydrogen) atoms.